The van der Waals surface area contributed by atoms with Gasteiger partial charge in [-0.25, -0.2) is 0 Å². The van der Waals surface area contributed by atoms with Crippen molar-refractivity contribution in [1.29, 1.82) is 0 Å². The zero-order chi connectivity index (χ0) is 22.2. The summed E-state index contributed by atoms with van der Waals surface area (Å²) in [5, 5.41) is 0. The van der Waals surface area contributed by atoms with Crippen LogP contribution in [-0.4, -0.2) is 4.57 Å². The smallest absolute Gasteiger partial charge is 0.164 e. The van der Waals surface area contributed by atoms with Crippen molar-refractivity contribution in [3.8, 4) is 28.1 Å². The van der Waals surface area contributed by atoms with Crippen LogP contribution in [0.1, 0.15) is 67.5 Å². The average Bonchev–Trinajstić information content (AvgIpc) is 3.01. The summed E-state index contributed by atoms with van der Waals surface area (Å²) in [6.07, 6.45) is 7.68. The van der Waals surface area contributed by atoms with Crippen LogP contribution in [0.3, 0.4) is 0 Å². The Labute approximate surface area is 196 Å². The first-order chi connectivity index (χ1) is 16.3. The second kappa shape index (κ2) is 8.59. The SMILES string of the molecule is Cc1c2c(n(C3CCCCCC3)c1-c1ccccc1)[C@@H](c1ccccc1)Oc1ccccc1-2. The molecule has 2 heterocycles. The second-order valence-electron chi connectivity index (χ2n) is 9.52. The first-order valence-electron chi connectivity index (χ1n) is 12.4. The Hall–Kier alpha value is -3.26. The van der Waals surface area contributed by atoms with Gasteiger partial charge in [0.2, 0.25) is 0 Å². The van der Waals surface area contributed by atoms with Crippen molar-refractivity contribution in [2.75, 3.05) is 0 Å². The highest BCUT2D eigenvalue weighted by Crippen LogP contribution is 2.52. The van der Waals surface area contributed by atoms with Crippen LogP contribution < -0.4 is 4.74 Å². The molecule has 0 N–H and O–H groups in total. The molecule has 0 bridgehead atoms. The topological polar surface area (TPSA) is 14.2 Å². The van der Waals surface area contributed by atoms with E-state index in [1.807, 2.05) is 0 Å². The highest BCUT2D eigenvalue weighted by atomic mass is 16.5. The molecule has 1 aliphatic heterocycles. The lowest BCUT2D eigenvalue weighted by atomic mass is 9.92. The molecule has 1 fully saturated rings. The number of hydrogen-bond donors (Lipinski definition) is 0. The van der Waals surface area contributed by atoms with Gasteiger partial charge in [-0.05, 0) is 42.5 Å². The van der Waals surface area contributed by atoms with Gasteiger partial charge in [0.05, 0.1) is 11.4 Å². The van der Waals surface area contributed by atoms with E-state index in [1.54, 1.807) is 0 Å². The fraction of sp³-hybridized carbons (Fsp3) is 0.290. The number of fused-ring (bicyclic) bond motifs is 3. The monoisotopic (exact) mass is 433 g/mol. The summed E-state index contributed by atoms with van der Waals surface area (Å²) < 4.78 is 9.48. The van der Waals surface area contributed by atoms with Crippen LogP contribution >= 0.6 is 0 Å². The Bertz CT molecular complexity index is 1250. The van der Waals surface area contributed by atoms with Gasteiger partial charge in [0.1, 0.15) is 5.75 Å². The molecule has 2 heteroatoms. The lowest BCUT2D eigenvalue weighted by molar-refractivity contribution is 0.227. The Morgan fingerprint density at radius 2 is 1.36 bits per heavy atom. The molecule has 1 saturated carbocycles. The van der Waals surface area contributed by atoms with E-state index in [-0.39, 0.29) is 6.10 Å². The summed E-state index contributed by atoms with van der Waals surface area (Å²) in [5.74, 6) is 0.986. The predicted octanol–water partition coefficient (Wildman–Crippen LogP) is 8.51. The van der Waals surface area contributed by atoms with Crippen LogP contribution in [0.4, 0.5) is 0 Å². The first-order valence-corrected chi connectivity index (χ1v) is 12.4. The average molecular weight is 434 g/mol. The minimum absolute atomic E-state index is 0.101. The van der Waals surface area contributed by atoms with E-state index in [1.165, 1.54) is 77.7 Å². The van der Waals surface area contributed by atoms with Gasteiger partial charge in [-0.1, -0.05) is 105 Å². The highest BCUT2D eigenvalue weighted by Gasteiger charge is 2.37. The zero-order valence-corrected chi connectivity index (χ0v) is 19.3. The summed E-state index contributed by atoms with van der Waals surface area (Å²) >= 11 is 0. The number of ether oxygens (including phenoxy) is 1. The number of aromatic nitrogens is 1. The third kappa shape index (κ3) is 3.49. The van der Waals surface area contributed by atoms with E-state index in [9.17, 15) is 0 Å². The molecule has 1 atom stereocenters. The molecular weight excluding hydrogens is 402 g/mol. The van der Waals surface area contributed by atoms with Gasteiger partial charge in [0.15, 0.2) is 6.10 Å². The van der Waals surface area contributed by atoms with E-state index in [0.29, 0.717) is 6.04 Å². The van der Waals surface area contributed by atoms with Gasteiger partial charge in [0.25, 0.3) is 0 Å². The Morgan fingerprint density at radius 1 is 0.727 bits per heavy atom. The molecular formula is C31H31NO. The summed E-state index contributed by atoms with van der Waals surface area (Å²) in [7, 11) is 0. The summed E-state index contributed by atoms with van der Waals surface area (Å²) in [6.45, 7) is 2.32. The van der Waals surface area contributed by atoms with Gasteiger partial charge >= 0.3 is 0 Å². The maximum atomic E-state index is 6.79. The van der Waals surface area contributed by atoms with Gasteiger partial charge in [0, 0.05) is 17.2 Å². The van der Waals surface area contributed by atoms with Gasteiger partial charge in [-0.3, -0.25) is 0 Å². The normalized spacial score (nSPS) is 18.2. The Morgan fingerprint density at radius 3 is 2.09 bits per heavy atom. The van der Waals surface area contributed by atoms with Gasteiger partial charge in [-0.15, -0.1) is 0 Å². The zero-order valence-electron chi connectivity index (χ0n) is 19.3. The van der Waals surface area contributed by atoms with Crippen LogP contribution in [0.25, 0.3) is 22.4 Å². The Kier molecular flexibility index (Phi) is 5.30. The van der Waals surface area contributed by atoms with Crippen molar-refractivity contribution < 1.29 is 4.74 Å². The van der Waals surface area contributed by atoms with E-state index < -0.39 is 0 Å². The molecule has 0 unspecified atom stereocenters. The molecule has 2 aliphatic rings. The maximum absolute atomic E-state index is 6.79. The van der Waals surface area contributed by atoms with Gasteiger partial charge in [-0.2, -0.15) is 0 Å². The molecule has 1 aliphatic carbocycles. The van der Waals surface area contributed by atoms with Gasteiger partial charge < -0.3 is 9.30 Å². The first kappa shape index (κ1) is 20.4. The van der Waals surface area contributed by atoms with Crippen molar-refractivity contribution in [3.63, 3.8) is 0 Å². The standard InChI is InChI=1S/C31H31NO/c1-22-28-26-20-12-13-21-27(26)33-31(24-16-8-5-9-17-24)30(28)32(25-18-10-2-3-11-19-25)29(22)23-14-6-4-7-15-23/h4-9,12-17,20-21,25,31H,2-3,10-11,18-19H2,1H3/t31-/m1/s1. The second-order valence-corrected chi connectivity index (χ2v) is 9.52. The Balaban J connectivity index is 1.67. The molecule has 0 spiro atoms. The van der Waals surface area contributed by atoms with Crippen LogP contribution in [0.5, 0.6) is 5.75 Å². The van der Waals surface area contributed by atoms with Crippen molar-refractivity contribution in [1.82, 2.24) is 4.57 Å². The molecule has 0 radical (unpaired) electrons. The van der Waals surface area contributed by atoms with Crippen LogP contribution in [-0.2, 0) is 0 Å². The highest BCUT2D eigenvalue weighted by molar-refractivity contribution is 5.85. The quantitative estimate of drug-likeness (QED) is 0.295. The lowest BCUT2D eigenvalue weighted by Gasteiger charge is -2.32. The fourth-order valence-electron chi connectivity index (χ4n) is 5.99. The lowest BCUT2D eigenvalue weighted by Crippen LogP contribution is -2.22. The fourth-order valence-corrected chi connectivity index (χ4v) is 5.99. The van der Waals surface area contributed by atoms with Crippen molar-refractivity contribution in [2.45, 2.75) is 57.6 Å². The van der Waals surface area contributed by atoms with E-state index in [2.05, 4.69) is 96.4 Å². The minimum atomic E-state index is -0.101. The molecule has 2 nitrogen and oxygen atoms in total. The molecule has 166 valence electrons. The van der Waals surface area contributed by atoms with E-state index in [4.69, 9.17) is 4.74 Å². The molecule has 0 saturated heterocycles. The molecule has 6 rings (SSSR count). The molecule has 1 aromatic heterocycles. The third-order valence-electron chi connectivity index (χ3n) is 7.48. The maximum Gasteiger partial charge on any atom is 0.164 e. The number of rotatable bonds is 3. The van der Waals surface area contributed by atoms with E-state index >= 15 is 0 Å². The molecule has 33 heavy (non-hydrogen) atoms. The molecule has 0 amide bonds. The van der Waals surface area contributed by atoms with Crippen LogP contribution in [0.2, 0.25) is 0 Å². The van der Waals surface area contributed by atoms with Crippen molar-refractivity contribution >= 4 is 0 Å². The van der Waals surface area contributed by atoms with E-state index in [0.717, 1.165) is 5.75 Å². The van der Waals surface area contributed by atoms with Crippen molar-refractivity contribution in [3.05, 3.63) is 102 Å². The number of hydrogen-bond acceptors (Lipinski definition) is 1. The number of benzene rings is 3. The number of nitrogens with zero attached hydrogens (tertiary/aromatic N) is 1. The summed E-state index contributed by atoms with van der Waals surface area (Å²) in [4.78, 5) is 0. The summed E-state index contributed by atoms with van der Waals surface area (Å²) in [6, 6.07) is 30.8. The largest absolute Gasteiger partial charge is 0.479 e. The van der Waals surface area contributed by atoms with Crippen molar-refractivity contribution in [2.24, 2.45) is 0 Å². The molecule has 3 aromatic carbocycles. The van der Waals surface area contributed by atoms with Crippen LogP contribution in [0.15, 0.2) is 84.9 Å². The predicted molar refractivity (Wildman–Crippen MR) is 136 cm³/mol. The number of para-hydroxylation sites is 1. The third-order valence-corrected chi connectivity index (χ3v) is 7.48. The minimum Gasteiger partial charge on any atom is -0.479 e. The van der Waals surface area contributed by atoms with Crippen LogP contribution in [0, 0.1) is 6.92 Å². The molecule has 4 aromatic rings. The summed E-state index contributed by atoms with van der Waals surface area (Å²) in [5.41, 5.74) is 9.20.